The molecule has 2 N–H and O–H groups in total. The summed E-state index contributed by atoms with van der Waals surface area (Å²) in [5.41, 5.74) is 1.30. The van der Waals surface area contributed by atoms with Crippen molar-refractivity contribution in [2.45, 2.75) is 6.54 Å². The quantitative estimate of drug-likeness (QED) is 0.379. The summed E-state index contributed by atoms with van der Waals surface area (Å²) in [6.07, 6.45) is 1.85. The zero-order chi connectivity index (χ0) is 15.7. The number of Topliss-reactive ketones (excluding diaryl/α,β-unsaturated/α-hetero) is 1. The summed E-state index contributed by atoms with van der Waals surface area (Å²) in [7, 11) is 0. The highest BCUT2D eigenvalue weighted by molar-refractivity contribution is 9.10. The van der Waals surface area contributed by atoms with Gasteiger partial charge in [-0.1, -0.05) is 12.1 Å². The van der Waals surface area contributed by atoms with Crippen LogP contribution in [-0.2, 0) is 6.54 Å². The fraction of sp³-hybridized carbons (Fsp3) is 0.0588. The highest BCUT2D eigenvalue weighted by atomic mass is 79.9. The average Bonchev–Trinajstić information content (AvgIpc) is 2.49. The minimum atomic E-state index is -0.296. The van der Waals surface area contributed by atoms with Gasteiger partial charge < -0.3 is 22.6 Å². The lowest BCUT2D eigenvalue weighted by atomic mass is 10.1. The number of fused-ring (bicyclic) bond motifs is 1. The summed E-state index contributed by atoms with van der Waals surface area (Å²) in [6, 6.07) is 13.9. The second-order valence-corrected chi connectivity index (χ2v) is 5.89. The Labute approximate surface area is 147 Å². The number of carbonyl (C=O) groups is 1. The molecule has 0 amide bonds. The molecule has 3 rings (SSSR count). The molecule has 0 aliphatic rings. The molecular formula is C17H13BrClNO3. The van der Waals surface area contributed by atoms with Crippen LogP contribution in [0.3, 0.4) is 0 Å². The van der Waals surface area contributed by atoms with Gasteiger partial charge in [-0.2, -0.15) is 4.57 Å². The molecule has 0 fully saturated rings. The van der Waals surface area contributed by atoms with Gasteiger partial charge in [0.25, 0.3) is 0 Å². The number of hydrogen-bond acceptors (Lipinski definition) is 3. The summed E-state index contributed by atoms with van der Waals surface area (Å²) < 4.78 is 2.73. The maximum atomic E-state index is 12.4. The fourth-order valence-electron chi connectivity index (χ4n) is 2.35. The number of phenolic OH excluding ortho intramolecular Hbond substituents is 2. The van der Waals surface area contributed by atoms with Gasteiger partial charge in [-0.05, 0) is 46.3 Å². The minimum absolute atomic E-state index is 0. The van der Waals surface area contributed by atoms with Gasteiger partial charge in [0.2, 0.25) is 17.8 Å². The van der Waals surface area contributed by atoms with Crippen molar-refractivity contribution in [2.24, 2.45) is 0 Å². The van der Waals surface area contributed by atoms with Crippen LogP contribution in [-0.4, -0.2) is 16.0 Å². The Kier molecular flexibility index (Phi) is 5.23. The van der Waals surface area contributed by atoms with E-state index in [9.17, 15) is 15.0 Å². The Hall–Kier alpha value is -2.11. The maximum Gasteiger partial charge on any atom is 0.227 e. The minimum Gasteiger partial charge on any atom is -1.00 e. The Morgan fingerprint density at radius 3 is 2.52 bits per heavy atom. The molecule has 0 aliphatic heterocycles. The molecule has 0 atom stereocenters. The van der Waals surface area contributed by atoms with Crippen molar-refractivity contribution >= 4 is 32.6 Å². The first-order valence-electron chi connectivity index (χ1n) is 6.67. The van der Waals surface area contributed by atoms with Gasteiger partial charge in [-0.3, -0.25) is 4.79 Å². The predicted octanol–water partition coefficient (Wildman–Crippen LogP) is 0.188. The topological polar surface area (TPSA) is 61.4 Å². The molecular weight excluding hydrogens is 382 g/mol. The van der Waals surface area contributed by atoms with Gasteiger partial charge >= 0.3 is 0 Å². The van der Waals surface area contributed by atoms with Crippen LogP contribution in [0.4, 0.5) is 0 Å². The first-order valence-corrected chi connectivity index (χ1v) is 7.47. The van der Waals surface area contributed by atoms with E-state index < -0.39 is 0 Å². The lowest BCUT2D eigenvalue weighted by Crippen LogP contribution is -3.00. The molecule has 0 aliphatic carbocycles. The molecule has 1 heterocycles. The second-order valence-electron chi connectivity index (χ2n) is 4.97. The number of hydrogen-bond donors (Lipinski definition) is 2. The second kappa shape index (κ2) is 6.98. The van der Waals surface area contributed by atoms with E-state index in [1.165, 1.54) is 18.2 Å². The van der Waals surface area contributed by atoms with Gasteiger partial charge in [-0.25, -0.2) is 0 Å². The molecule has 0 unspecified atom stereocenters. The smallest absolute Gasteiger partial charge is 0.227 e. The van der Waals surface area contributed by atoms with E-state index in [4.69, 9.17) is 0 Å². The van der Waals surface area contributed by atoms with Crippen molar-refractivity contribution in [3.05, 3.63) is 64.8 Å². The number of aromatic hydroxyl groups is 2. The molecule has 4 nitrogen and oxygen atoms in total. The number of carbonyl (C=O) groups excluding carboxylic acids is 1. The number of phenols is 2. The molecule has 0 radical (unpaired) electrons. The van der Waals surface area contributed by atoms with E-state index >= 15 is 0 Å². The van der Waals surface area contributed by atoms with Crippen LogP contribution in [0, 0.1) is 0 Å². The van der Waals surface area contributed by atoms with Crippen LogP contribution < -0.4 is 17.0 Å². The lowest BCUT2D eigenvalue weighted by molar-refractivity contribution is -0.657. The van der Waals surface area contributed by atoms with Crippen molar-refractivity contribution in [3.63, 3.8) is 0 Å². The largest absolute Gasteiger partial charge is 1.00 e. The number of aromatic nitrogens is 1. The summed E-state index contributed by atoms with van der Waals surface area (Å²) in [5, 5.41) is 19.9. The van der Waals surface area contributed by atoms with E-state index in [0.29, 0.717) is 5.56 Å². The Balaban J connectivity index is 0.00000192. The molecule has 6 heteroatoms. The van der Waals surface area contributed by atoms with Gasteiger partial charge in [0.05, 0.1) is 4.47 Å². The maximum absolute atomic E-state index is 12.4. The van der Waals surface area contributed by atoms with Crippen LogP contribution in [0.25, 0.3) is 10.9 Å². The molecule has 0 saturated heterocycles. The lowest BCUT2D eigenvalue weighted by Gasteiger charge is -2.04. The van der Waals surface area contributed by atoms with E-state index in [0.717, 1.165) is 15.4 Å². The van der Waals surface area contributed by atoms with Crippen LogP contribution in [0.1, 0.15) is 10.4 Å². The van der Waals surface area contributed by atoms with Crippen molar-refractivity contribution in [1.29, 1.82) is 0 Å². The van der Waals surface area contributed by atoms with E-state index in [1.54, 1.807) is 0 Å². The average molecular weight is 395 g/mol. The monoisotopic (exact) mass is 393 g/mol. The molecule has 118 valence electrons. The van der Waals surface area contributed by atoms with E-state index in [1.807, 2.05) is 41.1 Å². The van der Waals surface area contributed by atoms with Crippen molar-refractivity contribution in [3.8, 4) is 11.5 Å². The third-order valence-corrected chi connectivity index (χ3v) is 3.86. The SMILES string of the molecule is O=C(C[n+]1cc(Br)cc2ccccc21)c1ccc(O)c(O)c1.[Cl-]. The number of para-hydroxylation sites is 1. The summed E-state index contributed by atoms with van der Waals surface area (Å²) in [5.74, 6) is -0.685. The molecule has 1 aromatic heterocycles. The Bertz CT molecular complexity index is 883. The number of pyridine rings is 1. The summed E-state index contributed by atoms with van der Waals surface area (Å²) >= 11 is 3.45. The molecule has 23 heavy (non-hydrogen) atoms. The normalized spacial score (nSPS) is 10.3. The third kappa shape index (κ3) is 3.63. The molecule has 0 bridgehead atoms. The first kappa shape index (κ1) is 17.2. The highest BCUT2D eigenvalue weighted by Crippen LogP contribution is 2.25. The van der Waals surface area contributed by atoms with E-state index in [2.05, 4.69) is 15.9 Å². The standard InChI is InChI=1S/C17H12BrNO3.ClH/c18-13-7-11-3-1-2-4-14(11)19(9-13)10-17(22)12-5-6-15(20)16(21)8-12;/h1-9H,10H2,(H-,20,21,22);1H. The van der Waals surface area contributed by atoms with Crippen LogP contribution in [0.5, 0.6) is 11.5 Å². The number of nitrogens with zero attached hydrogens (tertiary/aromatic N) is 1. The summed E-state index contributed by atoms with van der Waals surface area (Å²) in [6.45, 7) is 0.143. The molecule has 2 aromatic carbocycles. The van der Waals surface area contributed by atoms with E-state index in [-0.39, 0.29) is 36.2 Å². The number of rotatable bonds is 3. The van der Waals surface area contributed by atoms with Crippen LogP contribution in [0.2, 0.25) is 0 Å². The Morgan fingerprint density at radius 2 is 1.78 bits per heavy atom. The number of benzene rings is 2. The molecule has 0 spiro atoms. The fourth-order valence-corrected chi connectivity index (χ4v) is 2.84. The first-order chi connectivity index (χ1) is 10.5. The summed E-state index contributed by atoms with van der Waals surface area (Å²) in [4.78, 5) is 12.4. The van der Waals surface area contributed by atoms with Crippen molar-refractivity contribution in [2.75, 3.05) is 0 Å². The number of ketones is 1. The Morgan fingerprint density at radius 1 is 1.04 bits per heavy atom. The zero-order valence-electron chi connectivity index (χ0n) is 11.9. The van der Waals surface area contributed by atoms with Crippen LogP contribution >= 0.6 is 15.9 Å². The van der Waals surface area contributed by atoms with Gasteiger partial charge in [0.1, 0.15) is 0 Å². The van der Waals surface area contributed by atoms with Crippen molar-refractivity contribution < 1.29 is 32.0 Å². The predicted molar refractivity (Wildman–Crippen MR) is 85.9 cm³/mol. The third-order valence-electron chi connectivity index (χ3n) is 3.43. The van der Waals surface area contributed by atoms with Gasteiger partial charge in [0, 0.05) is 17.0 Å². The molecule has 0 saturated carbocycles. The van der Waals surface area contributed by atoms with Gasteiger partial charge in [0.15, 0.2) is 17.7 Å². The van der Waals surface area contributed by atoms with Crippen LogP contribution in [0.15, 0.2) is 59.2 Å². The zero-order valence-corrected chi connectivity index (χ0v) is 14.3. The van der Waals surface area contributed by atoms with Gasteiger partial charge in [-0.15, -0.1) is 0 Å². The number of halogens is 2. The highest BCUT2D eigenvalue weighted by Gasteiger charge is 2.17. The molecule has 3 aromatic rings. The van der Waals surface area contributed by atoms with Crippen molar-refractivity contribution in [1.82, 2.24) is 0 Å².